The van der Waals surface area contributed by atoms with Crippen LogP contribution in [0.2, 0.25) is 0 Å². The van der Waals surface area contributed by atoms with E-state index in [2.05, 4.69) is 0 Å². The molecule has 0 spiro atoms. The zero-order chi connectivity index (χ0) is 18.5. The summed E-state index contributed by atoms with van der Waals surface area (Å²) >= 11 is 0.881. The van der Waals surface area contributed by atoms with Gasteiger partial charge in [-0.2, -0.15) is 0 Å². The number of carbonyl (C=O) groups is 3. The topological polar surface area (TPSA) is 76.2 Å². The van der Waals surface area contributed by atoms with Crippen molar-refractivity contribution in [2.45, 2.75) is 6.42 Å². The zero-order valence-corrected chi connectivity index (χ0v) is 15.3. The summed E-state index contributed by atoms with van der Waals surface area (Å²) in [5.41, 5.74) is 0.727. The molecule has 2 aliphatic heterocycles. The molecule has 2 saturated heterocycles. The number of imide groups is 1. The molecule has 8 heteroatoms. The first kappa shape index (κ1) is 18.5. The Morgan fingerprint density at radius 1 is 1.27 bits per heavy atom. The summed E-state index contributed by atoms with van der Waals surface area (Å²) in [5, 5.41) is -0.356. The van der Waals surface area contributed by atoms with Gasteiger partial charge in [-0.25, -0.2) is 0 Å². The van der Waals surface area contributed by atoms with E-state index in [0.29, 0.717) is 37.0 Å². The summed E-state index contributed by atoms with van der Waals surface area (Å²) in [6, 6.07) is 7.27. The summed E-state index contributed by atoms with van der Waals surface area (Å²) in [6.07, 6.45) is 1.77. The van der Waals surface area contributed by atoms with Crippen LogP contribution in [0.1, 0.15) is 12.0 Å². The van der Waals surface area contributed by atoms with Crippen molar-refractivity contribution >= 4 is 34.9 Å². The molecule has 0 saturated carbocycles. The Hall–Kier alpha value is -2.32. The molecule has 2 aliphatic rings. The third-order valence-corrected chi connectivity index (χ3v) is 5.12. The molecular weight excluding hydrogens is 356 g/mol. The van der Waals surface area contributed by atoms with Crippen LogP contribution in [-0.2, 0) is 14.3 Å². The monoisotopic (exact) mass is 376 g/mol. The number of benzene rings is 1. The van der Waals surface area contributed by atoms with Crippen LogP contribution in [0, 0.1) is 0 Å². The Labute approximate surface area is 155 Å². The smallest absolute Gasteiger partial charge is 0.293 e. The minimum absolute atomic E-state index is 0.0685. The maximum absolute atomic E-state index is 12.5. The van der Waals surface area contributed by atoms with E-state index < -0.39 is 0 Å². The Kier molecular flexibility index (Phi) is 5.95. The highest BCUT2D eigenvalue weighted by molar-refractivity contribution is 8.18. The molecule has 1 aromatic rings. The number of carbonyl (C=O) groups excluding carboxylic acids is 3. The van der Waals surface area contributed by atoms with Gasteiger partial charge in [0.05, 0.1) is 25.2 Å². The van der Waals surface area contributed by atoms with E-state index >= 15 is 0 Å². The molecule has 26 heavy (non-hydrogen) atoms. The molecule has 138 valence electrons. The fourth-order valence-corrected chi connectivity index (χ4v) is 3.65. The van der Waals surface area contributed by atoms with E-state index in [4.69, 9.17) is 9.47 Å². The standard InChI is InChI=1S/C18H20N2O5S/c1-24-14-5-3-2-4-13(14)12-15-17(22)20(18(23)26-15)7-6-16(21)19-8-10-25-11-9-19/h2-5,12H,6-11H2,1H3/b15-12-. The van der Waals surface area contributed by atoms with Crippen LogP contribution >= 0.6 is 11.8 Å². The number of amides is 3. The molecule has 3 rings (SSSR count). The third kappa shape index (κ3) is 4.08. The second kappa shape index (κ2) is 8.37. The first-order chi connectivity index (χ1) is 12.6. The van der Waals surface area contributed by atoms with E-state index in [9.17, 15) is 14.4 Å². The molecule has 0 bridgehead atoms. The second-order valence-corrected chi connectivity index (χ2v) is 6.81. The Morgan fingerprint density at radius 3 is 2.73 bits per heavy atom. The predicted molar refractivity (Wildman–Crippen MR) is 97.7 cm³/mol. The number of morpholine rings is 1. The molecule has 0 atom stereocenters. The van der Waals surface area contributed by atoms with E-state index in [1.165, 1.54) is 0 Å². The molecule has 7 nitrogen and oxygen atoms in total. The van der Waals surface area contributed by atoms with Crippen LogP contribution in [0.15, 0.2) is 29.2 Å². The van der Waals surface area contributed by atoms with Crippen molar-refractivity contribution in [1.29, 1.82) is 0 Å². The molecular formula is C18H20N2O5S. The number of ether oxygens (including phenoxy) is 2. The largest absolute Gasteiger partial charge is 0.496 e. The van der Waals surface area contributed by atoms with Crippen molar-refractivity contribution in [2.75, 3.05) is 40.0 Å². The number of thioether (sulfide) groups is 1. The number of rotatable bonds is 5. The minimum atomic E-state index is -0.374. The Balaban J connectivity index is 1.65. The number of nitrogens with zero attached hydrogens (tertiary/aromatic N) is 2. The molecule has 3 amide bonds. The second-order valence-electron chi connectivity index (χ2n) is 5.82. The van der Waals surface area contributed by atoms with Gasteiger partial charge < -0.3 is 14.4 Å². The van der Waals surface area contributed by atoms with Gasteiger partial charge in [0.15, 0.2) is 0 Å². The maximum atomic E-state index is 12.5. The Bertz CT molecular complexity index is 743. The van der Waals surface area contributed by atoms with Crippen LogP contribution < -0.4 is 4.74 Å². The highest BCUT2D eigenvalue weighted by Crippen LogP contribution is 2.34. The van der Waals surface area contributed by atoms with Gasteiger partial charge in [0.1, 0.15) is 5.75 Å². The first-order valence-electron chi connectivity index (χ1n) is 8.34. The van der Waals surface area contributed by atoms with Crippen molar-refractivity contribution in [3.63, 3.8) is 0 Å². The predicted octanol–water partition coefficient (Wildman–Crippen LogP) is 1.98. The molecule has 0 aliphatic carbocycles. The van der Waals surface area contributed by atoms with E-state index in [1.54, 1.807) is 24.2 Å². The van der Waals surface area contributed by atoms with Crippen LogP contribution in [0.25, 0.3) is 6.08 Å². The third-order valence-electron chi connectivity index (χ3n) is 4.21. The van der Waals surface area contributed by atoms with E-state index in [-0.39, 0.29) is 30.0 Å². The molecule has 0 unspecified atom stereocenters. The van der Waals surface area contributed by atoms with Crippen molar-refractivity contribution in [1.82, 2.24) is 9.80 Å². The molecule has 2 heterocycles. The lowest BCUT2D eigenvalue weighted by Gasteiger charge is -2.27. The number of methoxy groups -OCH3 is 1. The summed E-state index contributed by atoms with van der Waals surface area (Å²) < 4.78 is 10.5. The van der Waals surface area contributed by atoms with Gasteiger partial charge in [-0.1, -0.05) is 18.2 Å². The van der Waals surface area contributed by atoms with Crippen molar-refractivity contribution in [2.24, 2.45) is 0 Å². The lowest BCUT2D eigenvalue weighted by Crippen LogP contribution is -2.42. The van der Waals surface area contributed by atoms with Crippen molar-refractivity contribution in [3.8, 4) is 5.75 Å². The fraction of sp³-hybridized carbons (Fsp3) is 0.389. The summed E-state index contributed by atoms with van der Waals surface area (Å²) in [6.45, 7) is 2.23. The lowest BCUT2D eigenvalue weighted by atomic mass is 10.2. The first-order valence-corrected chi connectivity index (χ1v) is 9.15. The highest BCUT2D eigenvalue weighted by Gasteiger charge is 2.35. The average molecular weight is 376 g/mol. The number of hydrogen-bond donors (Lipinski definition) is 0. The normalized spacial score (nSPS) is 19.3. The molecule has 0 N–H and O–H groups in total. The SMILES string of the molecule is COc1ccccc1/C=C1\SC(=O)N(CCC(=O)N2CCOCC2)C1=O. The molecule has 1 aromatic carbocycles. The molecule has 0 radical (unpaired) electrons. The molecule has 2 fully saturated rings. The Morgan fingerprint density at radius 2 is 2.00 bits per heavy atom. The summed E-state index contributed by atoms with van der Waals surface area (Å²) in [5.74, 6) is 0.184. The average Bonchev–Trinajstić information content (AvgIpc) is 2.94. The van der Waals surface area contributed by atoms with Crippen molar-refractivity contribution in [3.05, 3.63) is 34.7 Å². The van der Waals surface area contributed by atoms with Crippen molar-refractivity contribution < 1.29 is 23.9 Å². The summed E-state index contributed by atoms with van der Waals surface area (Å²) in [7, 11) is 1.55. The van der Waals surface area contributed by atoms with Gasteiger partial charge in [-0.05, 0) is 23.9 Å². The van der Waals surface area contributed by atoms with E-state index in [1.807, 2.05) is 18.2 Å². The molecule has 0 aromatic heterocycles. The van der Waals surface area contributed by atoms with Gasteiger partial charge in [0.25, 0.3) is 11.1 Å². The van der Waals surface area contributed by atoms with Gasteiger partial charge >= 0.3 is 0 Å². The number of para-hydroxylation sites is 1. The van der Waals surface area contributed by atoms with E-state index in [0.717, 1.165) is 22.2 Å². The lowest BCUT2D eigenvalue weighted by molar-refractivity contribution is -0.135. The van der Waals surface area contributed by atoms with Gasteiger partial charge in [0, 0.05) is 31.6 Å². The number of hydrogen-bond acceptors (Lipinski definition) is 6. The minimum Gasteiger partial charge on any atom is -0.496 e. The van der Waals surface area contributed by atoms with Crippen LogP contribution in [0.3, 0.4) is 0 Å². The quantitative estimate of drug-likeness (QED) is 0.732. The van der Waals surface area contributed by atoms with Crippen LogP contribution in [0.4, 0.5) is 4.79 Å². The van der Waals surface area contributed by atoms with Gasteiger partial charge in [-0.3, -0.25) is 19.3 Å². The highest BCUT2D eigenvalue weighted by atomic mass is 32.2. The maximum Gasteiger partial charge on any atom is 0.293 e. The van der Waals surface area contributed by atoms with Gasteiger partial charge in [0.2, 0.25) is 5.91 Å². The van der Waals surface area contributed by atoms with Crippen LogP contribution in [0.5, 0.6) is 5.75 Å². The van der Waals surface area contributed by atoms with Gasteiger partial charge in [-0.15, -0.1) is 0 Å². The zero-order valence-electron chi connectivity index (χ0n) is 14.5. The fourth-order valence-electron chi connectivity index (χ4n) is 2.80. The van der Waals surface area contributed by atoms with Crippen LogP contribution in [-0.4, -0.2) is 66.8 Å². The summed E-state index contributed by atoms with van der Waals surface area (Å²) in [4.78, 5) is 40.1.